The summed E-state index contributed by atoms with van der Waals surface area (Å²) in [7, 11) is 4.49. The third-order valence-corrected chi connectivity index (χ3v) is 5.90. The zero-order valence-corrected chi connectivity index (χ0v) is 20.6. The number of carbonyl (C=O) groups excluding carboxylic acids is 3. The van der Waals surface area contributed by atoms with Gasteiger partial charge in [-0.1, -0.05) is 12.1 Å². The zero-order chi connectivity index (χ0) is 25.4. The van der Waals surface area contributed by atoms with Gasteiger partial charge >= 0.3 is 0 Å². The van der Waals surface area contributed by atoms with Crippen LogP contribution >= 0.6 is 0 Å². The number of ether oxygens (including phenoxy) is 3. The molecule has 35 heavy (non-hydrogen) atoms. The maximum absolute atomic E-state index is 13.3. The molecule has 0 bridgehead atoms. The van der Waals surface area contributed by atoms with Crippen LogP contribution in [0.4, 0.5) is 5.69 Å². The summed E-state index contributed by atoms with van der Waals surface area (Å²) in [6.45, 7) is 2.25. The molecule has 2 aromatic carbocycles. The largest absolute Gasteiger partial charge is 0.493 e. The van der Waals surface area contributed by atoms with E-state index in [-0.39, 0.29) is 30.1 Å². The molecule has 0 saturated carbocycles. The molecule has 0 radical (unpaired) electrons. The van der Waals surface area contributed by atoms with E-state index in [1.807, 2.05) is 12.1 Å². The first kappa shape index (κ1) is 26.0. The van der Waals surface area contributed by atoms with Crippen molar-refractivity contribution in [1.29, 1.82) is 0 Å². The topological polar surface area (TPSA) is 115 Å². The number of amides is 2. The predicted octanol–water partition coefficient (Wildman–Crippen LogP) is 2.72. The van der Waals surface area contributed by atoms with Crippen LogP contribution in [-0.2, 0) is 16.0 Å². The second-order valence-electron chi connectivity index (χ2n) is 8.48. The van der Waals surface area contributed by atoms with Gasteiger partial charge in [0.05, 0.1) is 27.4 Å². The van der Waals surface area contributed by atoms with Crippen LogP contribution in [0, 0.1) is 0 Å². The van der Waals surface area contributed by atoms with Crippen molar-refractivity contribution in [2.75, 3.05) is 33.2 Å². The lowest BCUT2D eigenvalue weighted by molar-refractivity contribution is -0.123. The van der Waals surface area contributed by atoms with Gasteiger partial charge in [-0.05, 0) is 55.6 Å². The average Bonchev–Trinajstić information content (AvgIpc) is 3.39. The number of nitrogens with one attached hydrogen (secondary N) is 3. The van der Waals surface area contributed by atoms with Crippen molar-refractivity contribution in [3.8, 4) is 17.2 Å². The van der Waals surface area contributed by atoms with Crippen LogP contribution < -0.4 is 30.2 Å². The van der Waals surface area contributed by atoms with Crippen LogP contribution in [0.2, 0.25) is 0 Å². The van der Waals surface area contributed by atoms with Crippen LogP contribution in [-0.4, -0.2) is 57.6 Å². The van der Waals surface area contributed by atoms with E-state index in [0.29, 0.717) is 34.9 Å². The third-order valence-electron chi connectivity index (χ3n) is 5.90. The van der Waals surface area contributed by atoms with Crippen LogP contribution in [0.3, 0.4) is 0 Å². The fourth-order valence-corrected chi connectivity index (χ4v) is 4.18. The molecule has 0 aliphatic carbocycles. The predicted molar refractivity (Wildman–Crippen MR) is 132 cm³/mol. The smallest absolute Gasteiger partial charge is 0.237 e. The van der Waals surface area contributed by atoms with E-state index in [4.69, 9.17) is 14.2 Å². The highest BCUT2D eigenvalue weighted by Crippen LogP contribution is 2.38. The number of carbonyl (C=O) groups is 3. The van der Waals surface area contributed by atoms with Crippen molar-refractivity contribution in [2.45, 2.75) is 44.7 Å². The Morgan fingerprint density at radius 1 is 1.03 bits per heavy atom. The molecule has 1 saturated heterocycles. The Kier molecular flexibility index (Phi) is 9.08. The highest BCUT2D eigenvalue weighted by atomic mass is 16.5. The molecule has 1 aliphatic rings. The lowest BCUT2D eigenvalue weighted by Gasteiger charge is -2.21. The van der Waals surface area contributed by atoms with Crippen molar-refractivity contribution in [3.05, 3.63) is 47.5 Å². The summed E-state index contributed by atoms with van der Waals surface area (Å²) in [6.07, 6.45) is 2.25. The van der Waals surface area contributed by atoms with Crippen molar-refractivity contribution in [2.24, 2.45) is 0 Å². The Morgan fingerprint density at radius 2 is 1.69 bits per heavy atom. The molecule has 1 heterocycles. The molecule has 1 unspecified atom stereocenters. The second kappa shape index (κ2) is 12.2. The molecule has 9 nitrogen and oxygen atoms in total. The van der Waals surface area contributed by atoms with Crippen molar-refractivity contribution >= 4 is 23.3 Å². The summed E-state index contributed by atoms with van der Waals surface area (Å²) in [5, 5.41) is 8.98. The molecule has 0 spiro atoms. The minimum absolute atomic E-state index is 0.0878. The Bertz CT molecular complexity index is 1020. The van der Waals surface area contributed by atoms with Gasteiger partial charge in [0.15, 0.2) is 17.3 Å². The van der Waals surface area contributed by atoms with E-state index in [9.17, 15) is 14.4 Å². The number of anilines is 1. The molecular formula is C26H33N3O6. The van der Waals surface area contributed by atoms with Gasteiger partial charge in [0.1, 0.15) is 0 Å². The van der Waals surface area contributed by atoms with E-state index in [1.54, 1.807) is 24.3 Å². The monoisotopic (exact) mass is 483 g/mol. The second-order valence-corrected chi connectivity index (χ2v) is 8.48. The summed E-state index contributed by atoms with van der Waals surface area (Å²) in [5.74, 6) is 0.758. The Hall–Kier alpha value is -3.59. The highest BCUT2D eigenvalue weighted by Gasteiger charge is 2.26. The van der Waals surface area contributed by atoms with Crippen LogP contribution in [0.5, 0.6) is 17.2 Å². The Balaban J connectivity index is 1.81. The van der Waals surface area contributed by atoms with E-state index in [1.165, 1.54) is 28.3 Å². The molecule has 0 aromatic heterocycles. The number of Topliss-reactive ketones (excluding diaryl/α,β-unsaturated/α-hetero) is 1. The zero-order valence-electron chi connectivity index (χ0n) is 20.6. The Labute approximate surface area is 205 Å². The molecule has 1 fully saturated rings. The number of rotatable bonds is 11. The molecule has 9 heteroatoms. The first-order valence-electron chi connectivity index (χ1n) is 11.6. The lowest BCUT2D eigenvalue weighted by atomic mass is 9.97. The van der Waals surface area contributed by atoms with Gasteiger partial charge in [-0.3, -0.25) is 14.4 Å². The molecular weight excluding hydrogens is 450 g/mol. The quantitative estimate of drug-likeness (QED) is 0.421. The third kappa shape index (κ3) is 6.95. The number of ketones is 1. The van der Waals surface area contributed by atoms with E-state index in [0.717, 1.165) is 24.9 Å². The first-order valence-corrected chi connectivity index (χ1v) is 11.6. The molecule has 3 N–H and O–H groups in total. The van der Waals surface area contributed by atoms with Gasteiger partial charge in [0.25, 0.3) is 0 Å². The molecule has 1 aliphatic heterocycles. The van der Waals surface area contributed by atoms with Crippen LogP contribution in [0.1, 0.15) is 42.1 Å². The molecule has 2 amide bonds. The van der Waals surface area contributed by atoms with E-state index < -0.39 is 6.04 Å². The minimum Gasteiger partial charge on any atom is -0.493 e. The van der Waals surface area contributed by atoms with Crippen molar-refractivity contribution in [3.63, 3.8) is 0 Å². The minimum atomic E-state index is -0.428. The van der Waals surface area contributed by atoms with Gasteiger partial charge in [0.2, 0.25) is 17.6 Å². The summed E-state index contributed by atoms with van der Waals surface area (Å²) < 4.78 is 16.1. The Morgan fingerprint density at radius 3 is 2.20 bits per heavy atom. The highest BCUT2D eigenvalue weighted by molar-refractivity contribution is 5.98. The summed E-state index contributed by atoms with van der Waals surface area (Å²) >= 11 is 0. The normalized spacial score (nSPS) is 15.7. The van der Waals surface area contributed by atoms with Crippen molar-refractivity contribution < 1.29 is 28.6 Å². The fraction of sp³-hybridized carbons (Fsp3) is 0.423. The van der Waals surface area contributed by atoms with Gasteiger partial charge in [-0.25, -0.2) is 0 Å². The SMILES string of the molecule is COc1cc(C(=O)CC(Cc2ccc(NC(C)=O)cc2)NC(=O)[C@@H]2CCCN2)cc(OC)c1OC. The lowest BCUT2D eigenvalue weighted by Crippen LogP contribution is -2.46. The standard InChI is InChI=1S/C26H33N3O6/c1-16(30)28-19-9-7-17(8-10-19)12-20(29-26(32)21-6-5-11-27-21)15-22(31)18-13-23(33-2)25(35-4)24(14-18)34-3/h7-10,13-14,20-21,27H,5-6,11-12,15H2,1-4H3,(H,28,30)(H,29,32)/t20?,21-/m0/s1. The van der Waals surface area contributed by atoms with Crippen LogP contribution in [0.25, 0.3) is 0 Å². The summed E-state index contributed by atoms with van der Waals surface area (Å²) in [6, 6.07) is 9.90. The molecule has 2 aromatic rings. The molecule has 188 valence electrons. The molecule has 3 rings (SSSR count). The number of benzene rings is 2. The van der Waals surface area contributed by atoms with E-state index in [2.05, 4.69) is 16.0 Å². The summed E-state index contributed by atoms with van der Waals surface area (Å²) in [5.41, 5.74) is 2.02. The fourth-order valence-electron chi connectivity index (χ4n) is 4.18. The number of hydrogen-bond donors (Lipinski definition) is 3. The maximum Gasteiger partial charge on any atom is 0.237 e. The van der Waals surface area contributed by atoms with Crippen LogP contribution in [0.15, 0.2) is 36.4 Å². The first-order chi connectivity index (χ1) is 16.8. The van der Waals surface area contributed by atoms with Gasteiger partial charge < -0.3 is 30.2 Å². The summed E-state index contributed by atoms with van der Waals surface area (Å²) in [4.78, 5) is 37.4. The van der Waals surface area contributed by atoms with E-state index >= 15 is 0 Å². The number of methoxy groups -OCH3 is 3. The number of hydrogen-bond acceptors (Lipinski definition) is 7. The maximum atomic E-state index is 13.3. The average molecular weight is 484 g/mol. The van der Waals surface area contributed by atoms with Gasteiger partial charge in [0, 0.05) is 30.6 Å². The van der Waals surface area contributed by atoms with Gasteiger partial charge in [-0.15, -0.1) is 0 Å². The van der Waals surface area contributed by atoms with Crippen molar-refractivity contribution in [1.82, 2.24) is 10.6 Å². The van der Waals surface area contributed by atoms with Gasteiger partial charge in [-0.2, -0.15) is 0 Å². The molecule has 2 atom stereocenters.